The number of rotatable bonds is 6. The van der Waals surface area contributed by atoms with Gasteiger partial charge in [0.05, 0.1) is 15.8 Å². The second kappa shape index (κ2) is 8.73. The Morgan fingerprint density at radius 1 is 1.14 bits per heavy atom. The molecule has 0 saturated carbocycles. The number of anilines is 1. The van der Waals surface area contributed by atoms with Gasteiger partial charge in [0.15, 0.2) is 5.13 Å². The Bertz CT molecular complexity index is 1020. The maximum absolute atomic E-state index is 13.1. The fourth-order valence-electron chi connectivity index (χ4n) is 2.70. The van der Waals surface area contributed by atoms with Gasteiger partial charge in [-0.25, -0.2) is 4.98 Å². The van der Waals surface area contributed by atoms with Gasteiger partial charge in [0.1, 0.15) is 0 Å². The van der Waals surface area contributed by atoms with Crippen molar-refractivity contribution in [2.45, 2.75) is 11.1 Å². The molecule has 0 atom stereocenters. The van der Waals surface area contributed by atoms with Crippen LogP contribution in [0.1, 0.15) is 15.9 Å². The minimum absolute atomic E-state index is 0.0114. The van der Waals surface area contributed by atoms with Crippen LogP contribution >= 0.6 is 23.1 Å². The first-order valence-electron chi connectivity index (χ1n) is 8.77. The first-order valence-corrected chi connectivity index (χ1v) is 10.8. The van der Waals surface area contributed by atoms with Gasteiger partial charge in [-0.1, -0.05) is 17.4 Å². The van der Waals surface area contributed by atoms with E-state index in [1.165, 1.54) is 28.4 Å². The highest BCUT2D eigenvalue weighted by Gasteiger charge is 2.31. The number of likely N-dealkylation sites (N-methyl/N-ethyl adjacent to an activating group) is 1. The molecule has 0 bridgehead atoms. The van der Waals surface area contributed by atoms with E-state index in [0.29, 0.717) is 18.2 Å². The molecule has 1 amide bonds. The lowest BCUT2D eigenvalue weighted by Gasteiger charge is -2.22. The van der Waals surface area contributed by atoms with Gasteiger partial charge >= 0.3 is 6.18 Å². The summed E-state index contributed by atoms with van der Waals surface area (Å²) in [5.41, 5.74) is -0.0954. The van der Waals surface area contributed by atoms with Crippen LogP contribution in [0, 0.1) is 0 Å². The summed E-state index contributed by atoms with van der Waals surface area (Å²) in [7, 11) is 3.74. The number of carbonyl (C=O) groups is 1. The minimum Gasteiger partial charge on any atom is -0.308 e. The predicted molar refractivity (Wildman–Crippen MR) is 113 cm³/mol. The number of nitrogens with zero attached hydrogens (tertiary/aromatic N) is 3. The van der Waals surface area contributed by atoms with Crippen LogP contribution in [-0.2, 0) is 6.18 Å². The van der Waals surface area contributed by atoms with E-state index in [2.05, 4.69) is 4.98 Å². The second-order valence-electron chi connectivity index (χ2n) is 6.67. The highest BCUT2D eigenvalue weighted by Crippen LogP contribution is 2.33. The van der Waals surface area contributed by atoms with Gasteiger partial charge in [-0.2, -0.15) is 13.2 Å². The van der Waals surface area contributed by atoms with Crippen molar-refractivity contribution in [2.75, 3.05) is 38.3 Å². The summed E-state index contributed by atoms with van der Waals surface area (Å²) in [5.74, 6) is -0.498. The molecule has 1 heterocycles. The summed E-state index contributed by atoms with van der Waals surface area (Å²) in [6, 6.07) is 10.4. The van der Waals surface area contributed by atoms with Gasteiger partial charge in [-0.05, 0) is 56.7 Å². The molecule has 154 valence electrons. The fourth-order valence-corrected chi connectivity index (χ4v) is 4.25. The zero-order valence-electron chi connectivity index (χ0n) is 16.2. The SMILES string of the molecule is CSc1ccc2nc(N(CCN(C)C)C(=O)c3cccc(C(F)(F)F)c3)sc2c1. The van der Waals surface area contributed by atoms with Crippen molar-refractivity contribution < 1.29 is 18.0 Å². The van der Waals surface area contributed by atoms with Gasteiger partial charge in [0.25, 0.3) is 5.91 Å². The third-order valence-electron chi connectivity index (χ3n) is 4.27. The van der Waals surface area contributed by atoms with Crippen LogP contribution < -0.4 is 4.90 Å². The molecule has 1 aromatic heterocycles. The number of hydrogen-bond donors (Lipinski definition) is 0. The monoisotopic (exact) mass is 439 g/mol. The zero-order chi connectivity index (χ0) is 21.2. The lowest BCUT2D eigenvalue weighted by molar-refractivity contribution is -0.137. The quantitative estimate of drug-likeness (QED) is 0.492. The average Bonchev–Trinajstić information content (AvgIpc) is 3.09. The van der Waals surface area contributed by atoms with Crippen LogP contribution in [0.5, 0.6) is 0 Å². The summed E-state index contributed by atoms with van der Waals surface area (Å²) >= 11 is 2.97. The minimum atomic E-state index is -4.51. The van der Waals surface area contributed by atoms with Crippen molar-refractivity contribution in [3.63, 3.8) is 0 Å². The molecule has 0 radical (unpaired) electrons. The van der Waals surface area contributed by atoms with Crippen LogP contribution in [0.4, 0.5) is 18.3 Å². The number of benzene rings is 2. The molecule has 3 rings (SSSR count). The molecule has 29 heavy (non-hydrogen) atoms. The third-order valence-corrected chi connectivity index (χ3v) is 6.03. The number of hydrogen-bond acceptors (Lipinski definition) is 5. The molecule has 0 aliphatic rings. The molecule has 0 aliphatic carbocycles. The molecule has 4 nitrogen and oxygen atoms in total. The summed E-state index contributed by atoms with van der Waals surface area (Å²) < 4.78 is 40.2. The molecule has 0 unspecified atom stereocenters. The van der Waals surface area contributed by atoms with E-state index in [9.17, 15) is 18.0 Å². The van der Waals surface area contributed by atoms with Gasteiger partial charge in [0.2, 0.25) is 0 Å². The Hall–Kier alpha value is -2.10. The number of thiazole rings is 1. The van der Waals surface area contributed by atoms with E-state index in [1.54, 1.807) is 11.8 Å². The molecule has 0 spiro atoms. The largest absolute Gasteiger partial charge is 0.416 e. The average molecular weight is 440 g/mol. The van der Waals surface area contributed by atoms with Crippen LogP contribution in [0.2, 0.25) is 0 Å². The summed E-state index contributed by atoms with van der Waals surface area (Å²) in [5, 5.41) is 0.475. The van der Waals surface area contributed by atoms with Crippen molar-refractivity contribution in [3.05, 3.63) is 53.6 Å². The van der Waals surface area contributed by atoms with Crippen LogP contribution in [0.15, 0.2) is 47.4 Å². The summed E-state index contributed by atoms with van der Waals surface area (Å²) in [6.07, 6.45) is -2.53. The van der Waals surface area contributed by atoms with E-state index < -0.39 is 17.6 Å². The molecular formula is C20H20F3N3OS2. The standard InChI is InChI=1S/C20H20F3N3OS2/c1-25(2)9-10-26(18(27)13-5-4-6-14(11-13)20(21,22)23)19-24-16-8-7-15(28-3)12-17(16)29-19/h4-8,11-12H,9-10H2,1-3H3. The molecular weight excluding hydrogens is 419 g/mol. The van der Waals surface area contributed by atoms with Crippen LogP contribution in [-0.4, -0.2) is 49.2 Å². The Balaban J connectivity index is 2.00. The van der Waals surface area contributed by atoms with E-state index in [4.69, 9.17) is 0 Å². The Labute approximate surface area is 175 Å². The number of carbonyl (C=O) groups excluding carboxylic acids is 1. The van der Waals surface area contributed by atoms with Gasteiger partial charge < -0.3 is 4.90 Å². The first kappa shape index (κ1) is 21.6. The topological polar surface area (TPSA) is 36.4 Å². The van der Waals surface area contributed by atoms with Crippen molar-refractivity contribution in [2.24, 2.45) is 0 Å². The molecule has 0 aliphatic heterocycles. The number of aromatic nitrogens is 1. The molecule has 9 heteroatoms. The number of fused-ring (bicyclic) bond motifs is 1. The maximum Gasteiger partial charge on any atom is 0.416 e. The van der Waals surface area contributed by atoms with Crippen molar-refractivity contribution >= 4 is 44.4 Å². The molecule has 2 aromatic carbocycles. The Kier molecular flexibility index (Phi) is 6.50. The number of thioether (sulfide) groups is 1. The van der Waals surface area contributed by atoms with Crippen molar-refractivity contribution in [1.29, 1.82) is 0 Å². The van der Waals surface area contributed by atoms with Crippen LogP contribution in [0.3, 0.4) is 0 Å². The second-order valence-corrected chi connectivity index (χ2v) is 8.56. The molecule has 0 N–H and O–H groups in total. The third kappa shape index (κ3) is 5.09. The molecule has 3 aromatic rings. The number of alkyl halides is 3. The van der Waals surface area contributed by atoms with Crippen LogP contribution in [0.25, 0.3) is 10.2 Å². The number of amides is 1. The highest BCUT2D eigenvalue weighted by atomic mass is 32.2. The Morgan fingerprint density at radius 2 is 1.90 bits per heavy atom. The van der Waals surface area contributed by atoms with Gasteiger partial charge in [0, 0.05) is 23.5 Å². The van der Waals surface area contributed by atoms with Gasteiger partial charge in [-0.15, -0.1) is 11.8 Å². The maximum atomic E-state index is 13.1. The summed E-state index contributed by atoms with van der Waals surface area (Å²) in [6.45, 7) is 0.869. The van der Waals surface area contributed by atoms with Crippen molar-refractivity contribution in [1.82, 2.24) is 9.88 Å². The van der Waals surface area contributed by atoms with E-state index in [0.717, 1.165) is 27.2 Å². The van der Waals surface area contributed by atoms with E-state index >= 15 is 0 Å². The van der Waals surface area contributed by atoms with E-state index in [-0.39, 0.29) is 5.56 Å². The first-order chi connectivity index (χ1) is 13.7. The van der Waals surface area contributed by atoms with Gasteiger partial charge in [-0.3, -0.25) is 9.69 Å². The molecule has 0 saturated heterocycles. The predicted octanol–water partition coefficient (Wildman–Crippen LogP) is 5.25. The zero-order valence-corrected chi connectivity index (χ0v) is 17.8. The molecule has 0 fully saturated rings. The highest BCUT2D eigenvalue weighted by molar-refractivity contribution is 7.98. The van der Waals surface area contributed by atoms with Crippen molar-refractivity contribution in [3.8, 4) is 0 Å². The lowest BCUT2D eigenvalue weighted by Crippen LogP contribution is -2.36. The normalized spacial score (nSPS) is 12.0. The summed E-state index contributed by atoms with van der Waals surface area (Å²) in [4.78, 5) is 22.1. The fraction of sp³-hybridized carbons (Fsp3) is 0.300. The smallest absolute Gasteiger partial charge is 0.308 e. The number of halogens is 3. The Morgan fingerprint density at radius 3 is 2.55 bits per heavy atom. The lowest BCUT2D eigenvalue weighted by atomic mass is 10.1. The van der Waals surface area contributed by atoms with E-state index in [1.807, 2.05) is 43.5 Å².